The first-order valence-corrected chi connectivity index (χ1v) is 11.5. The number of benzene rings is 2. The highest BCUT2D eigenvalue weighted by Gasteiger charge is 2.25. The smallest absolute Gasteiger partial charge is 0.228 e. The van der Waals surface area contributed by atoms with E-state index in [4.69, 9.17) is 24.9 Å². The standard InChI is InChI=1S/C25H34N6O3.2ClH.2H2O/c1-30(25-28-19-16-23(34-4)22(33-3)15-18(19)24(26)29-25)20(9-12-31-13-10-27-11-14-31)17-7-5-6-8-21(17)32-2;;;;/h5-8,15-16,20,27H,9-14H2,1-4H3,(H2,26,28,29);2*1H;2*1H2. The van der Waals surface area contributed by atoms with E-state index in [1.807, 2.05) is 37.4 Å². The molecule has 3 aromatic rings. The van der Waals surface area contributed by atoms with Crippen LogP contribution in [0.15, 0.2) is 36.4 Å². The lowest BCUT2D eigenvalue weighted by Crippen LogP contribution is -2.44. The fraction of sp³-hybridized carbons (Fsp3) is 0.440. The summed E-state index contributed by atoms with van der Waals surface area (Å²) >= 11 is 0. The number of para-hydroxylation sites is 1. The Morgan fingerprint density at radius 3 is 2.18 bits per heavy atom. The Hall–Kier alpha value is -2.80. The summed E-state index contributed by atoms with van der Waals surface area (Å²) < 4.78 is 16.6. The maximum Gasteiger partial charge on any atom is 0.228 e. The zero-order valence-corrected chi connectivity index (χ0v) is 23.8. The normalized spacial score (nSPS) is 13.6. The van der Waals surface area contributed by atoms with Crippen LogP contribution in [0.5, 0.6) is 17.2 Å². The van der Waals surface area contributed by atoms with Crippen molar-refractivity contribution >= 4 is 47.5 Å². The highest BCUT2D eigenvalue weighted by atomic mass is 35.5. The quantitative estimate of drug-likeness (QED) is 0.388. The van der Waals surface area contributed by atoms with Crippen molar-refractivity contribution in [2.75, 3.05) is 71.7 Å². The third-order valence-corrected chi connectivity index (χ3v) is 6.43. The molecular weight excluding hydrogens is 535 g/mol. The number of hydrogen-bond acceptors (Lipinski definition) is 9. The van der Waals surface area contributed by atoms with Crippen LogP contribution in [0.25, 0.3) is 10.9 Å². The minimum atomic E-state index is 0. The summed E-state index contributed by atoms with van der Waals surface area (Å²) in [5, 5.41) is 4.14. The molecule has 7 N–H and O–H groups in total. The van der Waals surface area contributed by atoms with Crippen molar-refractivity contribution in [1.82, 2.24) is 20.2 Å². The number of ether oxygens (including phenoxy) is 3. The van der Waals surface area contributed by atoms with Crippen LogP contribution in [0.1, 0.15) is 18.0 Å². The molecule has 2 heterocycles. The Bertz CT molecular complexity index is 1140. The zero-order chi connectivity index (χ0) is 24.1. The van der Waals surface area contributed by atoms with E-state index in [2.05, 4.69) is 26.2 Å². The average Bonchev–Trinajstić information content (AvgIpc) is 2.88. The van der Waals surface area contributed by atoms with Gasteiger partial charge in [0.2, 0.25) is 5.95 Å². The van der Waals surface area contributed by atoms with Crippen LogP contribution in [-0.2, 0) is 0 Å². The molecule has 1 unspecified atom stereocenters. The number of fused-ring (bicyclic) bond motifs is 1. The second kappa shape index (κ2) is 16.2. The van der Waals surface area contributed by atoms with Crippen LogP contribution in [0, 0.1) is 0 Å². The number of piperazine rings is 1. The molecule has 0 spiro atoms. The highest BCUT2D eigenvalue weighted by Crippen LogP contribution is 2.37. The molecule has 0 aliphatic carbocycles. The lowest BCUT2D eigenvalue weighted by molar-refractivity contribution is 0.231. The summed E-state index contributed by atoms with van der Waals surface area (Å²) in [6.07, 6.45) is 0.893. The van der Waals surface area contributed by atoms with Crippen LogP contribution in [0.2, 0.25) is 0 Å². The molecule has 4 rings (SSSR count). The molecule has 1 atom stereocenters. The number of anilines is 2. The number of halogens is 2. The summed E-state index contributed by atoms with van der Waals surface area (Å²) in [6, 6.07) is 11.8. The molecule has 1 aliphatic rings. The van der Waals surface area contributed by atoms with E-state index in [0.29, 0.717) is 28.8 Å². The monoisotopic (exact) mass is 574 g/mol. The van der Waals surface area contributed by atoms with Gasteiger partial charge in [0.25, 0.3) is 0 Å². The van der Waals surface area contributed by atoms with E-state index in [1.54, 1.807) is 21.3 Å². The number of nitrogens with zero attached hydrogens (tertiary/aromatic N) is 4. The number of nitrogens with one attached hydrogen (secondary N) is 1. The molecule has 0 radical (unpaired) electrons. The summed E-state index contributed by atoms with van der Waals surface area (Å²) in [7, 11) is 6.92. The van der Waals surface area contributed by atoms with Gasteiger partial charge in [-0.2, -0.15) is 4.98 Å². The van der Waals surface area contributed by atoms with E-state index < -0.39 is 0 Å². The molecule has 13 heteroatoms. The Morgan fingerprint density at radius 1 is 0.947 bits per heavy atom. The van der Waals surface area contributed by atoms with Crippen molar-refractivity contribution in [1.29, 1.82) is 0 Å². The molecule has 1 fully saturated rings. The first-order valence-electron chi connectivity index (χ1n) is 11.5. The molecule has 1 saturated heterocycles. The number of methoxy groups -OCH3 is 3. The van der Waals surface area contributed by atoms with E-state index >= 15 is 0 Å². The molecule has 2 aromatic carbocycles. The van der Waals surface area contributed by atoms with Gasteiger partial charge >= 0.3 is 0 Å². The largest absolute Gasteiger partial charge is 0.496 e. The van der Waals surface area contributed by atoms with Gasteiger partial charge in [0.15, 0.2) is 11.5 Å². The second-order valence-electron chi connectivity index (χ2n) is 8.38. The van der Waals surface area contributed by atoms with Gasteiger partial charge < -0.3 is 46.0 Å². The number of nitrogens with two attached hydrogens (primary N) is 1. The molecule has 1 aromatic heterocycles. The topological polar surface area (TPSA) is 161 Å². The van der Waals surface area contributed by atoms with E-state index in [1.165, 1.54) is 0 Å². The lowest BCUT2D eigenvalue weighted by Gasteiger charge is -2.33. The first kappa shape index (κ1) is 35.2. The van der Waals surface area contributed by atoms with Crippen LogP contribution in [0.3, 0.4) is 0 Å². The predicted molar refractivity (Wildman–Crippen MR) is 157 cm³/mol. The first-order chi connectivity index (χ1) is 16.5. The Labute approximate surface area is 236 Å². The highest BCUT2D eigenvalue weighted by molar-refractivity contribution is 5.91. The third-order valence-electron chi connectivity index (χ3n) is 6.43. The second-order valence-corrected chi connectivity index (χ2v) is 8.38. The summed E-state index contributed by atoms with van der Waals surface area (Å²) in [5.41, 5.74) is 8.18. The van der Waals surface area contributed by atoms with Crippen LogP contribution < -0.4 is 30.2 Å². The number of aromatic nitrogens is 2. The van der Waals surface area contributed by atoms with E-state index in [9.17, 15) is 0 Å². The zero-order valence-electron chi connectivity index (χ0n) is 22.2. The van der Waals surface area contributed by atoms with Gasteiger partial charge in [-0.25, -0.2) is 4.98 Å². The molecule has 214 valence electrons. The van der Waals surface area contributed by atoms with Crippen molar-refractivity contribution in [3.05, 3.63) is 42.0 Å². The number of hydrogen-bond donors (Lipinski definition) is 2. The van der Waals surface area contributed by atoms with Crippen molar-refractivity contribution in [3.8, 4) is 17.2 Å². The van der Waals surface area contributed by atoms with Gasteiger partial charge in [0.05, 0.1) is 32.9 Å². The van der Waals surface area contributed by atoms with Gasteiger partial charge in [0, 0.05) is 56.8 Å². The van der Waals surface area contributed by atoms with Crippen molar-refractivity contribution in [2.45, 2.75) is 12.5 Å². The van der Waals surface area contributed by atoms with Crippen LogP contribution in [-0.4, -0.2) is 86.9 Å². The maximum absolute atomic E-state index is 6.38. The maximum atomic E-state index is 6.38. The van der Waals surface area contributed by atoms with Crippen molar-refractivity contribution in [3.63, 3.8) is 0 Å². The minimum Gasteiger partial charge on any atom is -0.496 e. The average molecular weight is 576 g/mol. The molecule has 0 saturated carbocycles. The number of nitrogen functional groups attached to an aromatic ring is 1. The Morgan fingerprint density at radius 2 is 1.55 bits per heavy atom. The lowest BCUT2D eigenvalue weighted by atomic mass is 10.0. The molecule has 11 nitrogen and oxygen atoms in total. The molecule has 1 aliphatic heterocycles. The van der Waals surface area contributed by atoms with Gasteiger partial charge in [-0.15, -0.1) is 24.8 Å². The van der Waals surface area contributed by atoms with Gasteiger partial charge in [-0.3, -0.25) is 0 Å². The van der Waals surface area contributed by atoms with E-state index in [0.717, 1.165) is 55.8 Å². The van der Waals surface area contributed by atoms with Crippen molar-refractivity contribution in [2.24, 2.45) is 0 Å². The van der Waals surface area contributed by atoms with E-state index in [-0.39, 0.29) is 41.8 Å². The SMILES string of the molecule is COc1cc2nc(N(C)C(CCN3CCNCC3)c3ccccc3OC)nc(N)c2cc1OC.Cl.Cl.O.O. The minimum absolute atomic E-state index is 0. The fourth-order valence-electron chi connectivity index (χ4n) is 4.50. The summed E-state index contributed by atoms with van der Waals surface area (Å²) in [5.74, 6) is 2.98. The summed E-state index contributed by atoms with van der Waals surface area (Å²) in [4.78, 5) is 14.1. The van der Waals surface area contributed by atoms with Gasteiger partial charge in [0.1, 0.15) is 11.6 Å². The molecular formula is C25H40Cl2N6O5. The molecule has 0 bridgehead atoms. The van der Waals surface area contributed by atoms with Gasteiger partial charge in [-0.1, -0.05) is 18.2 Å². The predicted octanol–water partition coefficient (Wildman–Crippen LogP) is 1.90. The Kier molecular flexibility index (Phi) is 15.0. The third kappa shape index (κ3) is 7.62. The molecule has 0 amide bonds. The number of rotatable bonds is 9. The van der Waals surface area contributed by atoms with Crippen molar-refractivity contribution < 1.29 is 25.2 Å². The van der Waals surface area contributed by atoms with Crippen LogP contribution >= 0.6 is 24.8 Å². The van der Waals surface area contributed by atoms with Crippen LogP contribution in [0.4, 0.5) is 11.8 Å². The van der Waals surface area contributed by atoms with Gasteiger partial charge in [-0.05, 0) is 18.6 Å². The summed E-state index contributed by atoms with van der Waals surface area (Å²) in [6.45, 7) is 5.09. The fourth-order valence-corrected chi connectivity index (χ4v) is 4.50. The Balaban J connectivity index is 0.00000342. The molecule has 38 heavy (non-hydrogen) atoms.